The van der Waals surface area contributed by atoms with Crippen molar-refractivity contribution in [1.82, 2.24) is 0 Å². The van der Waals surface area contributed by atoms with Crippen molar-refractivity contribution >= 4 is 16.9 Å². The van der Waals surface area contributed by atoms with Crippen molar-refractivity contribution in [2.45, 2.75) is 13.3 Å². The SMILES string of the molecule is Cc1cc2ccc(CC(C#N)C(=O)O)cc2o1. The van der Waals surface area contributed by atoms with Crippen molar-refractivity contribution < 1.29 is 14.3 Å². The van der Waals surface area contributed by atoms with Gasteiger partial charge in [-0.15, -0.1) is 0 Å². The molecule has 0 bridgehead atoms. The summed E-state index contributed by atoms with van der Waals surface area (Å²) < 4.78 is 5.45. The van der Waals surface area contributed by atoms with Crippen LogP contribution in [-0.4, -0.2) is 11.1 Å². The van der Waals surface area contributed by atoms with E-state index in [1.165, 1.54) is 0 Å². The van der Waals surface area contributed by atoms with E-state index in [1.54, 1.807) is 12.1 Å². The highest BCUT2D eigenvalue weighted by Crippen LogP contribution is 2.21. The van der Waals surface area contributed by atoms with E-state index in [4.69, 9.17) is 14.8 Å². The fraction of sp³-hybridized carbons (Fsp3) is 0.231. The van der Waals surface area contributed by atoms with Gasteiger partial charge in [-0.25, -0.2) is 0 Å². The Morgan fingerprint density at radius 2 is 2.29 bits per heavy atom. The van der Waals surface area contributed by atoms with Crippen LogP contribution in [0.4, 0.5) is 0 Å². The third-order valence-electron chi connectivity index (χ3n) is 2.60. The lowest BCUT2D eigenvalue weighted by Gasteiger charge is -2.03. The number of fused-ring (bicyclic) bond motifs is 1. The van der Waals surface area contributed by atoms with E-state index < -0.39 is 11.9 Å². The summed E-state index contributed by atoms with van der Waals surface area (Å²) in [7, 11) is 0. The Labute approximate surface area is 98.1 Å². The van der Waals surface area contributed by atoms with Crippen LogP contribution in [0.5, 0.6) is 0 Å². The van der Waals surface area contributed by atoms with Crippen LogP contribution in [0.15, 0.2) is 28.7 Å². The molecule has 0 saturated heterocycles. The summed E-state index contributed by atoms with van der Waals surface area (Å²) in [5.41, 5.74) is 1.52. The second-order valence-electron chi connectivity index (χ2n) is 3.95. The maximum atomic E-state index is 10.8. The van der Waals surface area contributed by atoms with Gasteiger partial charge in [0.05, 0.1) is 6.07 Å². The second kappa shape index (κ2) is 4.30. The lowest BCUT2D eigenvalue weighted by atomic mass is 10.0. The summed E-state index contributed by atoms with van der Waals surface area (Å²) in [6.07, 6.45) is 0.196. The van der Waals surface area contributed by atoms with E-state index in [0.29, 0.717) is 0 Å². The van der Waals surface area contributed by atoms with Crippen molar-refractivity contribution in [1.29, 1.82) is 5.26 Å². The van der Waals surface area contributed by atoms with Gasteiger partial charge < -0.3 is 9.52 Å². The Kier molecular flexibility index (Phi) is 2.84. The molecule has 1 unspecified atom stereocenters. The first-order chi connectivity index (χ1) is 8.10. The molecule has 0 amide bonds. The molecule has 1 aromatic heterocycles. The first kappa shape index (κ1) is 11.2. The number of rotatable bonds is 3. The smallest absolute Gasteiger partial charge is 0.321 e. The van der Waals surface area contributed by atoms with Crippen molar-refractivity contribution in [3.8, 4) is 6.07 Å². The van der Waals surface area contributed by atoms with Crippen LogP contribution in [-0.2, 0) is 11.2 Å². The summed E-state index contributed by atoms with van der Waals surface area (Å²) in [4.78, 5) is 10.8. The molecule has 4 heteroatoms. The summed E-state index contributed by atoms with van der Waals surface area (Å²) in [6.45, 7) is 1.86. The van der Waals surface area contributed by atoms with Gasteiger partial charge in [-0.05, 0) is 31.0 Å². The van der Waals surface area contributed by atoms with Crippen LogP contribution in [0, 0.1) is 24.2 Å². The Hall–Kier alpha value is -2.28. The maximum absolute atomic E-state index is 10.8. The molecule has 0 radical (unpaired) electrons. The normalized spacial score (nSPS) is 12.2. The molecule has 0 saturated carbocycles. The average Bonchev–Trinajstić information content (AvgIpc) is 2.64. The third-order valence-corrected chi connectivity index (χ3v) is 2.60. The topological polar surface area (TPSA) is 74.2 Å². The van der Waals surface area contributed by atoms with Crippen LogP contribution in [0.25, 0.3) is 11.0 Å². The number of nitriles is 1. The molecule has 4 nitrogen and oxygen atoms in total. The van der Waals surface area contributed by atoms with Gasteiger partial charge in [0.25, 0.3) is 0 Å². The zero-order valence-electron chi connectivity index (χ0n) is 9.30. The third kappa shape index (κ3) is 2.28. The van der Waals surface area contributed by atoms with Gasteiger partial charge in [-0.1, -0.05) is 12.1 Å². The molecule has 0 aliphatic rings. The maximum Gasteiger partial charge on any atom is 0.321 e. The number of aliphatic carboxylic acids is 1. The fourth-order valence-corrected chi connectivity index (χ4v) is 1.76. The highest BCUT2D eigenvalue weighted by molar-refractivity contribution is 5.79. The molecule has 1 heterocycles. The number of hydrogen-bond donors (Lipinski definition) is 1. The number of nitrogens with zero attached hydrogens (tertiary/aromatic N) is 1. The largest absolute Gasteiger partial charge is 0.480 e. The van der Waals surface area contributed by atoms with Gasteiger partial charge in [0.15, 0.2) is 0 Å². The number of hydrogen-bond acceptors (Lipinski definition) is 3. The standard InChI is InChI=1S/C13H11NO3/c1-8-4-10-3-2-9(6-12(10)17-8)5-11(7-14)13(15)16/h2-4,6,11H,5H2,1H3,(H,15,16). The molecule has 0 aliphatic carbocycles. The summed E-state index contributed by atoms with van der Waals surface area (Å²) in [5.74, 6) is -1.29. The van der Waals surface area contributed by atoms with Gasteiger partial charge in [-0.2, -0.15) is 5.26 Å². The first-order valence-electron chi connectivity index (χ1n) is 5.21. The van der Waals surface area contributed by atoms with Gasteiger partial charge in [0, 0.05) is 5.39 Å². The van der Waals surface area contributed by atoms with Crippen LogP contribution in [0.1, 0.15) is 11.3 Å². The Bertz CT molecular complexity index is 607. The second-order valence-corrected chi connectivity index (χ2v) is 3.95. The van der Waals surface area contributed by atoms with Crippen molar-refractivity contribution in [2.24, 2.45) is 5.92 Å². The van der Waals surface area contributed by atoms with Crippen LogP contribution < -0.4 is 0 Å². The quantitative estimate of drug-likeness (QED) is 0.877. The first-order valence-corrected chi connectivity index (χ1v) is 5.21. The minimum atomic E-state index is -1.09. The van der Waals surface area contributed by atoms with Gasteiger partial charge in [0.2, 0.25) is 0 Å². The minimum absolute atomic E-state index is 0.196. The Morgan fingerprint density at radius 3 is 2.94 bits per heavy atom. The number of carboxylic acids is 1. The van der Waals surface area contributed by atoms with E-state index in [-0.39, 0.29) is 6.42 Å². The van der Waals surface area contributed by atoms with Gasteiger partial charge in [0.1, 0.15) is 17.3 Å². The summed E-state index contributed by atoms with van der Waals surface area (Å²) >= 11 is 0. The number of aryl methyl sites for hydroxylation is 1. The molecule has 2 aromatic rings. The van der Waals surface area contributed by atoms with Crippen molar-refractivity contribution in [2.75, 3.05) is 0 Å². The van der Waals surface area contributed by atoms with E-state index in [9.17, 15) is 4.79 Å². The van der Waals surface area contributed by atoms with E-state index in [2.05, 4.69) is 0 Å². The average molecular weight is 229 g/mol. The molecule has 86 valence electrons. The molecule has 0 fully saturated rings. The van der Waals surface area contributed by atoms with Gasteiger partial charge >= 0.3 is 5.97 Å². The highest BCUT2D eigenvalue weighted by Gasteiger charge is 2.17. The predicted molar refractivity (Wildman–Crippen MR) is 61.4 cm³/mol. The van der Waals surface area contributed by atoms with E-state index in [0.717, 1.165) is 22.3 Å². The lowest BCUT2D eigenvalue weighted by Crippen LogP contribution is -2.14. The molecule has 1 N–H and O–H groups in total. The van der Waals surface area contributed by atoms with Crippen molar-refractivity contribution in [3.63, 3.8) is 0 Å². The van der Waals surface area contributed by atoms with Crippen LogP contribution in [0.2, 0.25) is 0 Å². The zero-order valence-corrected chi connectivity index (χ0v) is 9.30. The van der Waals surface area contributed by atoms with Gasteiger partial charge in [-0.3, -0.25) is 4.79 Å². The van der Waals surface area contributed by atoms with E-state index in [1.807, 2.05) is 25.1 Å². The number of carboxylic acid groups (broad SMARTS) is 1. The molecule has 0 aliphatic heterocycles. The molecule has 0 spiro atoms. The fourth-order valence-electron chi connectivity index (χ4n) is 1.76. The highest BCUT2D eigenvalue weighted by atomic mass is 16.4. The molecule has 1 atom stereocenters. The molecular weight excluding hydrogens is 218 g/mol. The monoisotopic (exact) mass is 229 g/mol. The summed E-state index contributed by atoms with van der Waals surface area (Å²) in [5, 5.41) is 18.5. The predicted octanol–water partition coefficient (Wildman–Crippen LogP) is 2.51. The molecule has 2 rings (SSSR count). The van der Waals surface area contributed by atoms with E-state index >= 15 is 0 Å². The van der Waals surface area contributed by atoms with Crippen LogP contribution in [0.3, 0.4) is 0 Å². The molecule has 1 aromatic carbocycles. The zero-order chi connectivity index (χ0) is 12.4. The number of benzene rings is 1. The lowest BCUT2D eigenvalue weighted by molar-refractivity contribution is -0.139. The molecule has 17 heavy (non-hydrogen) atoms. The molecular formula is C13H11NO3. The minimum Gasteiger partial charge on any atom is -0.480 e. The number of carbonyl (C=O) groups is 1. The Morgan fingerprint density at radius 1 is 1.53 bits per heavy atom. The Balaban J connectivity index is 2.30. The number of furan rings is 1. The van der Waals surface area contributed by atoms with Crippen molar-refractivity contribution in [3.05, 3.63) is 35.6 Å². The van der Waals surface area contributed by atoms with Crippen LogP contribution >= 0.6 is 0 Å². The summed E-state index contributed by atoms with van der Waals surface area (Å²) in [6, 6.07) is 9.17.